The summed E-state index contributed by atoms with van der Waals surface area (Å²) >= 11 is 3.46. The zero-order valence-corrected chi connectivity index (χ0v) is 11.4. The van der Waals surface area contributed by atoms with Crippen molar-refractivity contribution in [2.45, 2.75) is 6.54 Å². The van der Waals surface area contributed by atoms with Gasteiger partial charge in [0.1, 0.15) is 11.6 Å². The normalized spacial score (nSPS) is 10.2. The van der Waals surface area contributed by atoms with Crippen LogP contribution in [0.5, 0.6) is 5.75 Å². The fourth-order valence-electron chi connectivity index (χ4n) is 1.52. The summed E-state index contributed by atoms with van der Waals surface area (Å²) in [7, 11) is 1.62. The minimum atomic E-state index is -0.357. The fraction of sp³-hybridized carbons (Fsp3) is 0.154. The van der Waals surface area contributed by atoms with Crippen LogP contribution in [0.2, 0.25) is 0 Å². The number of nitrogens with zero attached hydrogens (tertiary/aromatic N) is 1. The molecule has 0 unspecified atom stereocenters. The predicted octanol–water partition coefficient (Wildman–Crippen LogP) is 3.60. The van der Waals surface area contributed by atoms with Crippen molar-refractivity contribution in [3.05, 3.63) is 52.5 Å². The van der Waals surface area contributed by atoms with Crippen LogP contribution in [0.1, 0.15) is 5.56 Å². The molecule has 0 spiro atoms. The van der Waals surface area contributed by atoms with Gasteiger partial charge in [-0.05, 0) is 23.8 Å². The number of pyridine rings is 1. The third-order valence-electron chi connectivity index (χ3n) is 2.44. The monoisotopic (exact) mass is 310 g/mol. The van der Waals surface area contributed by atoms with Crippen molar-refractivity contribution in [1.29, 1.82) is 0 Å². The molecule has 0 atom stereocenters. The van der Waals surface area contributed by atoms with Crippen molar-refractivity contribution < 1.29 is 9.13 Å². The Labute approximate surface area is 113 Å². The van der Waals surface area contributed by atoms with Gasteiger partial charge in [-0.15, -0.1) is 0 Å². The van der Waals surface area contributed by atoms with Crippen LogP contribution >= 0.6 is 15.9 Å². The molecule has 0 aliphatic carbocycles. The maximum absolute atomic E-state index is 13.0. The number of methoxy groups -OCH3 is 1. The van der Waals surface area contributed by atoms with Crippen LogP contribution in [-0.4, -0.2) is 12.1 Å². The van der Waals surface area contributed by atoms with Gasteiger partial charge in [0, 0.05) is 17.1 Å². The van der Waals surface area contributed by atoms with Crippen LogP contribution in [0.4, 0.5) is 10.1 Å². The van der Waals surface area contributed by atoms with Gasteiger partial charge in [-0.3, -0.25) is 4.98 Å². The van der Waals surface area contributed by atoms with E-state index in [9.17, 15) is 4.39 Å². The first-order chi connectivity index (χ1) is 8.69. The quantitative estimate of drug-likeness (QED) is 0.937. The molecule has 3 nitrogen and oxygen atoms in total. The van der Waals surface area contributed by atoms with Gasteiger partial charge >= 0.3 is 0 Å². The van der Waals surface area contributed by atoms with Crippen LogP contribution < -0.4 is 10.1 Å². The zero-order chi connectivity index (χ0) is 13.0. The lowest BCUT2D eigenvalue weighted by molar-refractivity contribution is 0.414. The highest BCUT2D eigenvalue weighted by atomic mass is 79.9. The lowest BCUT2D eigenvalue weighted by Crippen LogP contribution is -2.01. The van der Waals surface area contributed by atoms with Crippen molar-refractivity contribution in [2.75, 3.05) is 12.4 Å². The Kier molecular flexibility index (Phi) is 4.15. The van der Waals surface area contributed by atoms with E-state index in [1.807, 2.05) is 18.2 Å². The molecule has 2 aromatic rings. The number of anilines is 1. The van der Waals surface area contributed by atoms with Crippen molar-refractivity contribution in [3.8, 4) is 5.75 Å². The van der Waals surface area contributed by atoms with Crippen molar-refractivity contribution >= 4 is 21.6 Å². The minimum Gasteiger partial charge on any atom is -0.497 e. The Hall–Kier alpha value is -1.62. The average Bonchev–Trinajstić information content (AvgIpc) is 2.38. The van der Waals surface area contributed by atoms with E-state index in [0.717, 1.165) is 15.8 Å². The minimum absolute atomic E-state index is 0.357. The lowest BCUT2D eigenvalue weighted by Gasteiger charge is -2.09. The van der Waals surface area contributed by atoms with Gasteiger partial charge in [0.2, 0.25) is 0 Å². The van der Waals surface area contributed by atoms with Crippen LogP contribution in [-0.2, 0) is 6.54 Å². The zero-order valence-electron chi connectivity index (χ0n) is 9.78. The van der Waals surface area contributed by atoms with E-state index in [1.165, 1.54) is 12.3 Å². The molecule has 0 saturated heterocycles. The molecule has 0 aliphatic heterocycles. The molecular formula is C13H12BrFN2O. The number of hydrogen-bond donors (Lipinski definition) is 1. The van der Waals surface area contributed by atoms with Crippen molar-refractivity contribution in [1.82, 2.24) is 4.98 Å². The highest BCUT2D eigenvalue weighted by Gasteiger charge is 2.03. The van der Waals surface area contributed by atoms with Gasteiger partial charge in [-0.25, -0.2) is 4.39 Å². The molecule has 0 fully saturated rings. The first-order valence-corrected chi connectivity index (χ1v) is 6.15. The van der Waals surface area contributed by atoms with Crippen LogP contribution in [0.3, 0.4) is 0 Å². The molecule has 94 valence electrons. The molecular weight excluding hydrogens is 299 g/mol. The maximum atomic E-state index is 13.0. The van der Waals surface area contributed by atoms with E-state index >= 15 is 0 Å². The standard InChI is InChI=1S/C13H12BrFN2O/c1-18-12-2-3-13(14)9(4-12)6-17-11-5-10(15)7-16-8-11/h2-5,7-8,17H,6H2,1H3. The van der Waals surface area contributed by atoms with Crippen LogP contribution in [0.25, 0.3) is 0 Å². The first kappa shape index (κ1) is 12.8. The van der Waals surface area contributed by atoms with Crippen molar-refractivity contribution in [3.63, 3.8) is 0 Å². The van der Waals surface area contributed by atoms with E-state index in [4.69, 9.17) is 4.74 Å². The van der Waals surface area contributed by atoms with Crippen LogP contribution in [0, 0.1) is 5.82 Å². The second kappa shape index (κ2) is 5.82. The summed E-state index contributed by atoms with van der Waals surface area (Å²) in [4.78, 5) is 3.78. The Balaban J connectivity index is 2.10. The number of nitrogens with one attached hydrogen (secondary N) is 1. The Morgan fingerprint density at radius 3 is 2.89 bits per heavy atom. The number of aromatic nitrogens is 1. The molecule has 5 heteroatoms. The molecule has 0 radical (unpaired) electrons. The molecule has 1 N–H and O–H groups in total. The second-order valence-corrected chi connectivity index (χ2v) is 4.56. The summed E-state index contributed by atoms with van der Waals surface area (Å²) < 4.78 is 19.1. The largest absolute Gasteiger partial charge is 0.497 e. The van der Waals surface area contributed by atoms with E-state index in [2.05, 4.69) is 26.2 Å². The number of halogens is 2. The van der Waals surface area contributed by atoms with Gasteiger partial charge in [0.15, 0.2) is 0 Å². The van der Waals surface area contributed by atoms with E-state index in [0.29, 0.717) is 12.2 Å². The fourth-order valence-corrected chi connectivity index (χ4v) is 1.91. The molecule has 0 saturated carbocycles. The van der Waals surface area contributed by atoms with Gasteiger partial charge in [-0.2, -0.15) is 0 Å². The van der Waals surface area contributed by atoms with E-state index in [1.54, 1.807) is 13.3 Å². The highest BCUT2D eigenvalue weighted by Crippen LogP contribution is 2.23. The smallest absolute Gasteiger partial charge is 0.143 e. The molecule has 0 aliphatic rings. The van der Waals surface area contributed by atoms with Gasteiger partial charge in [0.25, 0.3) is 0 Å². The topological polar surface area (TPSA) is 34.1 Å². The summed E-state index contributed by atoms with van der Waals surface area (Å²) in [6.45, 7) is 0.558. The third-order valence-corrected chi connectivity index (χ3v) is 3.21. The molecule has 18 heavy (non-hydrogen) atoms. The second-order valence-electron chi connectivity index (χ2n) is 3.70. The number of hydrogen-bond acceptors (Lipinski definition) is 3. The SMILES string of the molecule is COc1ccc(Br)c(CNc2cncc(F)c2)c1. The average molecular weight is 311 g/mol. The Morgan fingerprint density at radius 1 is 1.33 bits per heavy atom. The van der Waals surface area contributed by atoms with E-state index < -0.39 is 0 Å². The summed E-state index contributed by atoms with van der Waals surface area (Å²) in [6.07, 6.45) is 2.75. The summed E-state index contributed by atoms with van der Waals surface area (Å²) in [6, 6.07) is 7.11. The summed E-state index contributed by atoms with van der Waals surface area (Å²) in [5.74, 6) is 0.428. The van der Waals surface area contributed by atoms with Gasteiger partial charge < -0.3 is 10.1 Å². The molecule has 1 heterocycles. The van der Waals surface area contributed by atoms with Gasteiger partial charge in [-0.1, -0.05) is 15.9 Å². The van der Waals surface area contributed by atoms with E-state index in [-0.39, 0.29) is 5.82 Å². The Morgan fingerprint density at radius 2 is 2.17 bits per heavy atom. The molecule has 0 bridgehead atoms. The Bertz CT molecular complexity index is 548. The molecule has 1 aromatic carbocycles. The summed E-state index contributed by atoms with van der Waals surface area (Å²) in [5.41, 5.74) is 1.67. The maximum Gasteiger partial charge on any atom is 0.143 e. The molecule has 2 rings (SSSR count). The van der Waals surface area contributed by atoms with Gasteiger partial charge in [0.05, 0.1) is 25.2 Å². The molecule has 1 aromatic heterocycles. The molecule has 0 amide bonds. The summed E-state index contributed by atoms with van der Waals surface area (Å²) in [5, 5.41) is 3.11. The first-order valence-electron chi connectivity index (χ1n) is 5.36. The van der Waals surface area contributed by atoms with Crippen LogP contribution in [0.15, 0.2) is 41.1 Å². The number of benzene rings is 1. The lowest BCUT2D eigenvalue weighted by atomic mass is 10.2. The predicted molar refractivity (Wildman–Crippen MR) is 72.2 cm³/mol. The highest BCUT2D eigenvalue weighted by molar-refractivity contribution is 9.10. The number of ether oxygens (including phenoxy) is 1. The third kappa shape index (κ3) is 3.20. The number of rotatable bonds is 4. The van der Waals surface area contributed by atoms with Crippen molar-refractivity contribution in [2.24, 2.45) is 0 Å².